The van der Waals surface area contributed by atoms with E-state index in [2.05, 4.69) is 10.3 Å². The van der Waals surface area contributed by atoms with Crippen molar-refractivity contribution in [3.05, 3.63) is 59.8 Å². The standard InChI is InChI=1S/C21H23N3O3S/c1-4-27-20(25)19-18(16-12-15(26-3)10-11-17(16)22-19)23-21(28)24(2)13-14-8-6-5-7-9-14/h5-12,22H,4,13H2,1-3H3,(H,23,28). The van der Waals surface area contributed by atoms with Gasteiger partial charge in [0, 0.05) is 24.5 Å². The van der Waals surface area contributed by atoms with Crippen molar-refractivity contribution in [1.29, 1.82) is 0 Å². The predicted molar refractivity (Wildman–Crippen MR) is 115 cm³/mol. The van der Waals surface area contributed by atoms with Crippen LogP contribution in [0.25, 0.3) is 10.9 Å². The van der Waals surface area contributed by atoms with Crippen molar-refractivity contribution in [2.45, 2.75) is 13.5 Å². The fourth-order valence-electron chi connectivity index (χ4n) is 2.92. The highest BCUT2D eigenvalue weighted by atomic mass is 32.1. The van der Waals surface area contributed by atoms with E-state index < -0.39 is 5.97 Å². The molecule has 0 fully saturated rings. The van der Waals surface area contributed by atoms with E-state index >= 15 is 0 Å². The molecule has 0 atom stereocenters. The Morgan fingerprint density at radius 1 is 1.21 bits per heavy atom. The molecule has 6 nitrogen and oxygen atoms in total. The molecule has 0 saturated heterocycles. The number of hydrogen-bond acceptors (Lipinski definition) is 4. The second-order valence-electron chi connectivity index (χ2n) is 6.28. The lowest BCUT2D eigenvalue weighted by atomic mass is 10.2. The van der Waals surface area contributed by atoms with Crippen molar-refractivity contribution in [3.8, 4) is 5.75 Å². The van der Waals surface area contributed by atoms with E-state index in [1.807, 2.05) is 60.5 Å². The van der Waals surface area contributed by atoms with Crippen LogP contribution in [0.5, 0.6) is 5.75 Å². The second kappa shape index (κ2) is 8.75. The Hall–Kier alpha value is -3.06. The molecule has 3 rings (SSSR count). The lowest BCUT2D eigenvalue weighted by Crippen LogP contribution is -2.31. The number of esters is 1. The summed E-state index contributed by atoms with van der Waals surface area (Å²) in [7, 11) is 3.51. The molecule has 0 aliphatic heterocycles. The van der Waals surface area contributed by atoms with Gasteiger partial charge in [-0.15, -0.1) is 0 Å². The minimum Gasteiger partial charge on any atom is -0.497 e. The minimum atomic E-state index is -0.436. The smallest absolute Gasteiger partial charge is 0.356 e. The van der Waals surface area contributed by atoms with Crippen LogP contribution in [-0.4, -0.2) is 41.7 Å². The summed E-state index contributed by atoms with van der Waals surface area (Å²) >= 11 is 5.58. The molecule has 0 radical (unpaired) electrons. The monoisotopic (exact) mass is 397 g/mol. The van der Waals surface area contributed by atoms with E-state index in [0.717, 1.165) is 16.5 Å². The van der Waals surface area contributed by atoms with Gasteiger partial charge in [0.25, 0.3) is 0 Å². The summed E-state index contributed by atoms with van der Waals surface area (Å²) < 4.78 is 10.5. The third kappa shape index (κ3) is 4.26. The van der Waals surface area contributed by atoms with Crippen molar-refractivity contribution in [2.75, 3.05) is 26.1 Å². The molecular formula is C21H23N3O3S. The number of rotatable bonds is 6. The molecule has 2 N–H and O–H groups in total. The van der Waals surface area contributed by atoms with Crippen molar-refractivity contribution < 1.29 is 14.3 Å². The normalized spacial score (nSPS) is 10.5. The number of nitrogens with zero attached hydrogens (tertiary/aromatic N) is 1. The summed E-state index contributed by atoms with van der Waals surface area (Å²) in [4.78, 5) is 17.5. The zero-order valence-corrected chi connectivity index (χ0v) is 16.9. The molecule has 3 aromatic rings. The highest BCUT2D eigenvalue weighted by Crippen LogP contribution is 2.31. The fourth-order valence-corrected chi connectivity index (χ4v) is 3.08. The number of ether oxygens (including phenoxy) is 2. The van der Waals surface area contributed by atoms with Crippen LogP contribution in [0.3, 0.4) is 0 Å². The predicted octanol–water partition coefficient (Wildman–Crippen LogP) is 4.18. The molecule has 0 aliphatic rings. The maximum absolute atomic E-state index is 12.5. The quantitative estimate of drug-likeness (QED) is 0.480. The van der Waals surface area contributed by atoms with E-state index in [-0.39, 0.29) is 6.61 Å². The highest BCUT2D eigenvalue weighted by molar-refractivity contribution is 7.80. The Kier molecular flexibility index (Phi) is 6.16. The topological polar surface area (TPSA) is 66.6 Å². The van der Waals surface area contributed by atoms with Crippen LogP contribution >= 0.6 is 12.2 Å². The number of carbonyl (C=O) groups is 1. The van der Waals surface area contributed by atoms with Gasteiger partial charge in [-0.1, -0.05) is 30.3 Å². The van der Waals surface area contributed by atoms with Gasteiger partial charge in [0.1, 0.15) is 11.4 Å². The Morgan fingerprint density at radius 2 is 1.96 bits per heavy atom. The average molecular weight is 398 g/mol. The van der Waals surface area contributed by atoms with E-state index in [1.54, 1.807) is 14.0 Å². The van der Waals surface area contributed by atoms with E-state index in [1.165, 1.54) is 0 Å². The molecule has 1 aromatic heterocycles. The van der Waals surface area contributed by atoms with Gasteiger partial charge in [-0.3, -0.25) is 0 Å². The van der Waals surface area contributed by atoms with Crippen LogP contribution in [0.4, 0.5) is 5.69 Å². The Balaban J connectivity index is 1.91. The first-order valence-electron chi connectivity index (χ1n) is 8.96. The SMILES string of the molecule is CCOC(=O)c1[nH]c2ccc(OC)cc2c1NC(=S)N(C)Cc1ccccc1. The fraction of sp³-hybridized carbons (Fsp3) is 0.238. The minimum absolute atomic E-state index is 0.287. The molecule has 0 aliphatic carbocycles. The number of carbonyl (C=O) groups excluding carboxylic acids is 1. The summed E-state index contributed by atoms with van der Waals surface area (Å²) in [5, 5.41) is 4.52. The van der Waals surface area contributed by atoms with Gasteiger partial charge in [0.05, 0.1) is 19.4 Å². The van der Waals surface area contributed by atoms with Crippen molar-refractivity contribution >= 4 is 39.9 Å². The van der Waals surface area contributed by atoms with Crippen LogP contribution in [-0.2, 0) is 11.3 Å². The number of fused-ring (bicyclic) bond motifs is 1. The largest absolute Gasteiger partial charge is 0.497 e. The van der Waals surface area contributed by atoms with E-state index in [9.17, 15) is 4.79 Å². The molecule has 1 heterocycles. The Morgan fingerprint density at radius 3 is 2.64 bits per heavy atom. The van der Waals surface area contributed by atoms with Crippen LogP contribution in [0.1, 0.15) is 23.0 Å². The first-order valence-corrected chi connectivity index (χ1v) is 9.37. The van der Waals surface area contributed by atoms with Gasteiger partial charge in [-0.2, -0.15) is 0 Å². The zero-order chi connectivity index (χ0) is 20.1. The lowest BCUT2D eigenvalue weighted by molar-refractivity contribution is 0.0522. The molecular weight excluding hydrogens is 374 g/mol. The number of anilines is 1. The molecule has 0 saturated carbocycles. The number of nitrogens with one attached hydrogen (secondary N) is 2. The third-order valence-electron chi connectivity index (χ3n) is 4.33. The van der Waals surface area contributed by atoms with Crippen molar-refractivity contribution in [3.63, 3.8) is 0 Å². The second-order valence-corrected chi connectivity index (χ2v) is 6.67. The number of aromatic amines is 1. The Labute approximate surface area is 169 Å². The summed E-state index contributed by atoms with van der Waals surface area (Å²) in [6.45, 7) is 2.71. The van der Waals surface area contributed by atoms with Gasteiger partial charge in [-0.25, -0.2) is 4.79 Å². The van der Waals surface area contributed by atoms with Crippen LogP contribution in [0.15, 0.2) is 48.5 Å². The van der Waals surface area contributed by atoms with Crippen molar-refractivity contribution in [1.82, 2.24) is 9.88 Å². The molecule has 7 heteroatoms. The van der Waals surface area contributed by atoms with Crippen LogP contribution < -0.4 is 10.1 Å². The maximum atomic E-state index is 12.5. The van der Waals surface area contributed by atoms with Crippen molar-refractivity contribution in [2.24, 2.45) is 0 Å². The molecule has 146 valence electrons. The zero-order valence-electron chi connectivity index (χ0n) is 16.1. The number of H-pyrrole nitrogens is 1. The number of hydrogen-bond donors (Lipinski definition) is 2. The van der Waals surface area contributed by atoms with Gasteiger partial charge in [0.15, 0.2) is 5.11 Å². The maximum Gasteiger partial charge on any atom is 0.356 e. The summed E-state index contributed by atoms with van der Waals surface area (Å²) in [6, 6.07) is 15.6. The van der Waals surface area contributed by atoms with E-state index in [0.29, 0.717) is 28.8 Å². The lowest BCUT2D eigenvalue weighted by Gasteiger charge is -2.21. The van der Waals surface area contributed by atoms with E-state index in [4.69, 9.17) is 21.7 Å². The number of thiocarbonyl (C=S) groups is 1. The number of aromatic nitrogens is 1. The van der Waals surface area contributed by atoms with Crippen LogP contribution in [0.2, 0.25) is 0 Å². The first kappa shape index (κ1) is 19.7. The average Bonchev–Trinajstić information content (AvgIpc) is 3.06. The van der Waals surface area contributed by atoms with Crippen LogP contribution in [0, 0.1) is 0 Å². The summed E-state index contributed by atoms with van der Waals surface area (Å²) in [5.74, 6) is 0.252. The highest BCUT2D eigenvalue weighted by Gasteiger charge is 2.21. The molecule has 0 amide bonds. The Bertz CT molecular complexity index is 985. The number of methoxy groups -OCH3 is 1. The number of benzene rings is 2. The summed E-state index contributed by atoms with van der Waals surface area (Å²) in [6.07, 6.45) is 0. The van der Waals surface area contributed by atoms with Gasteiger partial charge in [-0.05, 0) is 42.9 Å². The molecule has 28 heavy (non-hydrogen) atoms. The summed E-state index contributed by atoms with van der Waals surface area (Å²) in [5.41, 5.74) is 2.85. The molecule has 0 bridgehead atoms. The molecule has 2 aromatic carbocycles. The first-order chi connectivity index (χ1) is 13.5. The van der Waals surface area contributed by atoms with Gasteiger partial charge >= 0.3 is 5.97 Å². The molecule has 0 spiro atoms. The van der Waals surface area contributed by atoms with Gasteiger partial charge in [0.2, 0.25) is 0 Å². The molecule has 0 unspecified atom stereocenters. The third-order valence-corrected chi connectivity index (χ3v) is 4.74. The van der Waals surface area contributed by atoms with Gasteiger partial charge < -0.3 is 24.7 Å².